The molecule has 8 nitrogen and oxygen atoms in total. The molecule has 1 aromatic carbocycles. The number of hydrogen-bond acceptors (Lipinski definition) is 6. The zero-order chi connectivity index (χ0) is 20.4. The van der Waals surface area contributed by atoms with Gasteiger partial charge in [-0.3, -0.25) is 14.3 Å². The molecule has 0 saturated heterocycles. The molecule has 0 radical (unpaired) electrons. The second kappa shape index (κ2) is 7.59. The van der Waals surface area contributed by atoms with Gasteiger partial charge in [0.2, 0.25) is 0 Å². The summed E-state index contributed by atoms with van der Waals surface area (Å²) in [6.07, 6.45) is 0.367. The van der Waals surface area contributed by atoms with Crippen LogP contribution in [-0.4, -0.2) is 38.5 Å². The predicted molar refractivity (Wildman–Crippen MR) is 103 cm³/mol. The summed E-state index contributed by atoms with van der Waals surface area (Å²) >= 11 is 0. The average Bonchev–Trinajstić information content (AvgIpc) is 2.95. The Hall–Kier alpha value is -3.55. The van der Waals surface area contributed by atoms with E-state index in [9.17, 15) is 14.4 Å². The lowest BCUT2D eigenvalue weighted by Gasteiger charge is -2.14. The molecule has 3 aromatic rings. The number of fused-ring (bicyclic) bond motifs is 1. The Morgan fingerprint density at radius 3 is 2.64 bits per heavy atom. The van der Waals surface area contributed by atoms with Crippen LogP contribution in [0.5, 0.6) is 0 Å². The van der Waals surface area contributed by atoms with Crippen LogP contribution >= 0.6 is 0 Å². The van der Waals surface area contributed by atoms with Gasteiger partial charge in [0.25, 0.3) is 5.91 Å². The first-order valence-corrected chi connectivity index (χ1v) is 8.68. The standard InChI is InChI=1S/C20H20N4O4/c1-11-17-9-15(10-21-18(17)24(4)23-11)20(27)28-13(3)19(26)22-16-7-5-6-14(8-16)12(2)25/h5-10,13H,1-4H3,(H,22,26). The molecule has 1 unspecified atom stereocenters. The fourth-order valence-electron chi connectivity index (χ4n) is 2.76. The number of carbonyl (C=O) groups excluding carboxylic acids is 3. The first-order chi connectivity index (χ1) is 13.3. The minimum absolute atomic E-state index is 0.107. The van der Waals surface area contributed by atoms with E-state index < -0.39 is 18.0 Å². The van der Waals surface area contributed by atoms with E-state index in [1.54, 1.807) is 42.1 Å². The number of Topliss-reactive ketones (excluding diaryl/α,β-unsaturated/α-hetero) is 1. The molecular formula is C20H20N4O4. The number of pyridine rings is 1. The summed E-state index contributed by atoms with van der Waals surface area (Å²) < 4.78 is 6.89. The highest BCUT2D eigenvalue weighted by molar-refractivity contribution is 6.00. The molecular weight excluding hydrogens is 360 g/mol. The van der Waals surface area contributed by atoms with Gasteiger partial charge in [-0.15, -0.1) is 0 Å². The van der Waals surface area contributed by atoms with E-state index in [2.05, 4.69) is 15.4 Å². The van der Waals surface area contributed by atoms with Crippen LogP contribution in [0.4, 0.5) is 5.69 Å². The van der Waals surface area contributed by atoms with Crippen LogP contribution < -0.4 is 5.32 Å². The number of ketones is 1. The third kappa shape index (κ3) is 3.90. The van der Waals surface area contributed by atoms with E-state index in [4.69, 9.17) is 4.74 Å². The van der Waals surface area contributed by atoms with E-state index in [0.29, 0.717) is 16.9 Å². The molecule has 0 aliphatic heterocycles. The molecule has 0 fully saturated rings. The van der Waals surface area contributed by atoms with Crippen molar-refractivity contribution in [1.82, 2.24) is 14.8 Å². The Balaban J connectivity index is 1.70. The number of nitrogens with one attached hydrogen (secondary N) is 1. The predicted octanol–water partition coefficient (Wildman–Crippen LogP) is 2.66. The van der Waals surface area contributed by atoms with Gasteiger partial charge in [-0.25, -0.2) is 9.78 Å². The molecule has 1 atom stereocenters. The zero-order valence-electron chi connectivity index (χ0n) is 16.0. The van der Waals surface area contributed by atoms with Crippen molar-refractivity contribution in [2.45, 2.75) is 26.9 Å². The molecule has 1 amide bonds. The molecule has 0 aliphatic rings. The van der Waals surface area contributed by atoms with Crippen LogP contribution in [0.1, 0.15) is 40.3 Å². The van der Waals surface area contributed by atoms with Gasteiger partial charge in [-0.1, -0.05) is 12.1 Å². The molecule has 3 rings (SSSR count). The van der Waals surface area contributed by atoms with Crippen molar-refractivity contribution in [3.63, 3.8) is 0 Å². The Labute approximate surface area is 161 Å². The summed E-state index contributed by atoms with van der Waals surface area (Å²) in [7, 11) is 1.77. The number of hydrogen-bond donors (Lipinski definition) is 1. The average molecular weight is 380 g/mol. The van der Waals surface area contributed by atoms with E-state index in [-0.39, 0.29) is 11.3 Å². The summed E-state index contributed by atoms with van der Waals surface area (Å²) in [5.41, 5.74) is 2.58. The van der Waals surface area contributed by atoms with Crippen LogP contribution in [0.2, 0.25) is 0 Å². The molecule has 0 spiro atoms. The van der Waals surface area contributed by atoms with Crippen molar-refractivity contribution in [3.05, 3.63) is 53.3 Å². The van der Waals surface area contributed by atoms with Gasteiger partial charge in [0.1, 0.15) is 0 Å². The molecule has 8 heteroatoms. The Morgan fingerprint density at radius 1 is 1.18 bits per heavy atom. The van der Waals surface area contributed by atoms with Crippen LogP contribution in [0.3, 0.4) is 0 Å². The van der Waals surface area contributed by atoms with Crippen LogP contribution in [0.25, 0.3) is 11.0 Å². The third-order valence-corrected chi connectivity index (χ3v) is 4.29. The first kappa shape index (κ1) is 19.2. The number of aromatic nitrogens is 3. The molecule has 28 heavy (non-hydrogen) atoms. The maximum Gasteiger partial charge on any atom is 0.340 e. The topological polar surface area (TPSA) is 103 Å². The van der Waals surface area contributed by atoms with Crippen molar-refractivity contribution in [2.24, 2.45) is 7.05 Å². The van der Waals surface area contributed by atoms with Crippen molar-refractivity contribution in [1.29, 1.82) is 0 Å². The quantitative estimate of drug-likeness (QED) is 0.539. The number of rotatable bonds is 5. The lowest BCUT2D eigenvalue weighted by atomic mass is 10.1. The summed E-state index contributed by atoms with van der Waals surface area (Å²) in [6, 6.07) is 8.19. The second-order valence-corrected chi connectivity index (χ2v) is 6.48. The highest BCUT2D eigenvalue weighted by atomic mass is 16.5. The molecule has 1 N–H and O–H groups in total. The van der Waals surface area contributed by atoms with Gasteiger partial charge in [0.05, 0.1) is 11.3 Å². The summed E-state index contributed by atoms with van der Waals surface area (Å²) in [5.74, 6) is -1.26. The van der Waals surface area contributed by atoms with E-state index in [1.807, 2.05) is 6.92 Å². The normalized spacial score (nSPS) is 11.9. The smallest absolute Gasteiger partial charge is 0.340 e. The lowest BCUT2D eigenvalue weighted by molar-refractivity contribution is -0.123. The van der Waals surface area contributed by atoms with Gasteiger partial charge >= 0.3 is 5.97 Å². The molecule has 0 saturated carbocycles. The summed E-state index contributed by atoms with van der Waals surface area (Å²) in [5, 5.41) is 7.64. The highest BCUT2D eigenvalue weighted by Gasteiger charge is 2.20. The van der Waals surface area contributed by atoms with E-state index >= 15 is 0 Å². The van der Waals surface area contributed by atoms with Crippen molar-refractivity contribution in [3.8, 4) is 0 Å². The van der Waals surface area contributed by atoms with Crippen molar-refractivity contribution < 1.29 is 19.1 Å². The Morgan fingerprint density at radius 2 is 1.93 bits per heavy atom. The molecule has 2 aromatic heterocycles. The number of carbonyl (C=O) groups is 3. The Bertz CT molecular complexity index is 1090. The van der Waals surface area contributed by atoms with Gasteiger partial charge in [0, 0.05) is 29.9 Å². The second-order valence-electron chi connectivity index (χ2n) is 6.48. The van der Waals surface area contributed by atoms with Crippen molar-refractivity contribution in [2.75, 3.05) is 5.32 Å². The number of ether oxygens (including phenoxy) is 1. The number of anilines is 1. The largest absolute Gasteiger partial charge is 0.449 e. The molecule has 0 bridgehead atoms. The fourth-order valence-corrected chi connectivity index (χ4v) is 2.76. The molecule has 144 valence electrons. The highest BCUT2D eigenvalue weighted by Crippen LogP contribution is 2.18. The zero-order valence-corrected chi connectivity index (χ0v) is 16.0. The monoisotopic (exact) mass is 380 g/mol. The van der Waals surface area contributed by atoms with Crippen LogP contribution in [0, 0.1) is 6.92 Å². The van der Waals surface area contributed by atoms with Crippen LogP contribution in [0.15, 0.2) is 36.5 Å². The number of aryl methyl sites for hydroxylation is 2. The number of esters is 1. The van der Waals surface area contributed by atoms with E-state index in [0.717, 1.165) is 11.1 Å². The van der Waals surface area contributed by atoms with Crippen molar-refractivity contribution >= 4 is 34.4 Å². The minimum Gasteiger partial charge on any atom is -0.449 e. The molecule has 0 aliphatic carbocycles. The fraction of sp³-hybridized carbons (Fsp3) is 0.250. The SMILES string of the molecule is CC(=O)c1cccc(NC(=O)C(C)OC(=O)c2cnc3c(c2)c(C)nn3C)c1. The lowest BCUT2D eigenvalue weighted by Crippen LogP contribution is -2.30. The van der Waals surface area contributed by atoms with Crippen LogP contribution in [-0.2, 0) is 16.6 Å². The summed E-state index contributed by atoms with van der Waals surface area (Å²) in [4.78, 5) is 40.4. The van der Waals surface area contributed by atoms with E-state index in [1.165, 1.54) is 20.0 Å². The minimum atomic E-state index is -1.03. The summed E-state index contributed by atoms with van der Waals surface area (Å²) in [6.45, 7) is 4.74. The number of nitrogens with zero attached hydrogens (tertiary/aromatic N) is 3. The van der Waals surface area contributed by atoms with Gasteiger partial charge in [-0.05, 0) is 39.0 Å². The molecule has 2 heterocycles. The third-order valence-electron chi connectivity index (χ3n) is 4.29. The first-order valence-electron chi connectivity index (χ1n) is 8.68. The number of benzene rings is 1. The van der Waals surface area contributed by atoms with Gasteiger partial charge in [0.15, 0.2) is 17.5 Å². The maximum absolute atomic E-state index is 12.4. The maximum atomic E-state index is 12.4. The van der Waals surface area contributed by atoms with Gasteiger partial charge < -0.3 is 10.1 Å². The Kier molecular flexibility index (Phi) is 5.21. The van der Waals surface area contributed by atoms with Gasteiger partial charge in [-0.2, -0.15) is 5.10 Å². The number of amides is 1.